The largest absolute Gasteiger partial charge is 0.495 e. The van der Waals surface area contributed by atoms with Crippen molar-refractivity contribution in [3.63, 3.8) is 0 Å². The van der Waals surface area contributed by atoms with Crippen LogP contribution in [-0.2, 0) is 0 Å². The predicted octanol–water partition coefficient (Wildman–Crippen LogP) is 3.53. The van der Waals surface area contributed by atoms with Gasteiger partial charge in [0.05, 0.1) is 19.4 Å². The van der Waals surface area contributed by atoms with Crippen LogP contribution in [0.3, 0.4) is 0 Å². The van der Waals surface area contributed by atoms with E-state index in [9.17, 15) is 0 Å². The highest BCUT2D eigenvalue weighted by molar-refractivity contribution is 7.09. The van der Waals surface area contributed by atoms with Crippen molar-refractivity contribution < 1.29 is 9.47 Å². The highest BCUT2D eigenvalue weighted by Crippen LogP contribution is 2.24. The van der Waals surface area contributed by atoms with Gasteiger partial charge in [0.15, 0.2) is 5.82 Å². The molecular formula is C16H17N5O2S. The average molecular weight is 343 g/mol. The lowest BCUT2D eigenvalue weighted by molar-refractivity contribution is 0.242. The van der Waals surface area contributed by atoms with Crippen molar-refractivity contribution in [2.75, 3.05) is 12.4 Å². The fourth-order valence-electron chi connectivity index (χ4n) is 1.95. The molecule has 0 unspecified atom stereocenters. The highest BCUT2D eigenvalue weighted by Gasteiger charge is 2.09. The second-order valence-corrected chi connectivity index (χ2v) is 5.93. The van der Waals surface area contributed by atoms with Crippen LogP contribution >= 0.6 is 11.5 Å². The number of aromatic nitrogens is 4. The molecule has 0 aliphatic carbocycles. The Hall–Kier alpha value is -2.74. The normalized spacial score (nSPS) is 10.7. The minimum absolute atomic E-state index is 0.106. The number of nitrogens with zero attached hydrogens (tertiary/aromatic N) is 4. The Morgan fingerprint density at radius 2 is 2.00 bits per heavy atom. The van der Waals surface area contributed by atoms with Gasteiger partial charge in [-0.2, -0.15) is 9.36 Å². The summed E-state index contributed by atoms with van der Waals surface area (Å²) in [5.41, 5.74) is 0.685. The molecule has 3 aromatic heterocycles. The Labute approximate surface area is 143 Å². The third-order valence-electron chi connectivity index (χ3n) is 2.97. The summed E-state index contributed by atoms with van der Waals surface area (Å²) in [6.07, 6.45) is 3.43. The van der Waals surface area contributed by atoms with E-state index in [2.05, 4.69) is 24.6 Å². The number of anilines is 2. The van der Waals surface area contributed by atoms with Gasteiger partial charge in [-0.15, -0.1) is 0 Å². The van der Waals surface area contributed by atoms with Gasteiger partial charge in [-0.05, 0) is 32.0 Å². The molecule has 0 spiro atoms. The topological polar surface area (TPSA) is 82.0 Å². The van der Waals surface area contributed by atoms with Gasteiger partial charge in [0.2, 0.25) is 5.13 Å². The zero-order valence-corrected chi connectivity index (χ0v) is 14.4. The fraction of sp³-hybridized carbons (Fsp3) is 0.250. The third-order valence-corrected chi connectivity index (χ3v) is 3.60. The van der Waals surface area contributed by atoms with Crippen LogP contribution in [0.1, 0.15) is 13.8 Å². The van der Waals surface area contributed by atoms with Gasteiger partial charge in [-0.25, -0.2) is 9.97 Å². The van der Waals surface area contributed by atoms with E-state index in [4.69, 9.17) is 9.47 Å². The zero-order chi connectivity index (χ0) is 16.9. The number of rotatable bonds is 6. The lowest BCUT2D eigenvalue weighted by Gasteiger charge is -2.10. The molecule has 1 N–H and O–H groups in total. The van der Waals surface area contributed by atoms with E-state index in [1.807, 2.05) is 38.1 Å². The van der Waals surface area contributed by atoms with Crippen molar-refractivity contribution in [1.29, 1.82) is 0 Å². The maximum absolute atomic E-state index is 5.65. The summed E-state index contributed by atoms with van der Waals surface area (Å²) < 4.78 is 15.1. The number of methoxy groups -OCH3 is 1. The number of hydrogen-bond donors (Lipinski definition) is 1. The molecule has 0 radical (unpaired) electrons. The Morgan fingerprint density at radius 3 is 2.71 bits per heavy atom. The van der Waals surface area contributed by atoms with Crippen LogP contribution < -0.4 is 14.8 Å². The molecule has 0 atom stereocenters. The van der Waals surface area contributed by atoms with Gasteiger partial charge >= 0.3 is 0 Å². The quantitative estimate of drug-likeness (QED) is 0.733. The van der Waals surface area contributed by atoms with Crippen LogP contribution in [0.2, 0.25) is 0 Å². The first-order chi connectivity index (χ1) is 11.6. The summed E-state index contributed by atoms with van der Waals surface area (Å²) in [6.45, 7) is 3.96. The molecular weight excluding hydrogens is 326 g/mol. The summed E-state index contributed by atoms with van der Waals surface area (Å²) in [5.74, 6) is 2.65. The molecule has 0 bridgehead atoms. The molecule has 0 fully saturated rings. The van der Waals surface area contributed by atoms with Crippen LogP contribution in [0.15, 0.2) is 36.7 Å². The maximum atomic E-state index is 5.65. The van der Waals surface area contributed by atoms with Gasteiger partial charge < -0.3 is 14.8 Å². The summed E-state index contributed by atoms with van der Waals surface area (Å²) in [7, 11) is 1.60. The Morgan fingerprint density at radius 1 is 1.12 bits per heavy atom. The second kappa shape index (κ2) is 7.22. The van der Waals surface area contributed by atoms with Crippen LogP contribution in [0, 0.1) is 0 Å². The monoisotopic (exact) mass is 343 g/mol. The van der Waals surface area contributed by atoms with E-state index in [1.54, 1.807) is 19.5 Å². The van der Waals surface area contributed by atoms with Crippen molar-refractivity contribution >= 4 is 22.5 Å². The maximum Gasteiger partial charge on any atom is 0.208 e. The molecule has 0 aliphatic heterocycles. The molecule has 0 saturated heterocycles. The first kappa shape index (κ1) is 16.1. The lowest BCUT2D eigenvalue weighted by Crippen LogP contribution is -2.06. The molecule has 0 saturated carbocycles. The Balaban J connectivity index is 1.73. The molecule has 8 heteroatoms. The van der Waals surface area contributed by atoms with Gasteiger partial charge in [0, 0.05) is 23.8 Å². The molecule has 124 valence electrons. The number of pyridine rings is 2. The van der Waals surface area contributed by atoms with E-state index in [-0.39, 0.29) is 6.10 Å². The van der Waals surface area contributed by atoms with Crippen LogP contribution in [-0.4, -0.2) is 32.5 Å². The zero-order valence-electron chi connectivity index (χ0n) is 13.6. The lowest BCUT2D eigenvalue weighted by atomic mass is 10.3. The van der Waals surface area contributed by atoms with Crippen LogP contribution in [0.4, 0.5) is 10.9 Å². The van der Waals surface area contributed by atoms with Crippen molar-refractivity contribution in [3.05, 3.63) is 36.7 Å². The van der Waals surface area contributed by atoms with Gasteiger partial charge in [-0.1, -0.05) is 0 Å². The molecule has 0 aliphatic rings. The minimum Gasteiger partial charge on any atom is -0.495 e. The van der Waals surface area contributed by atoms with E-state index in [1.165, 1.54) is 11.5 Å². The molecule has 0 amide bonds. The average Bonchev–Trinajstić information content (AvgIpc) is 3.03. The highest BCUT2D eigenvalue weighted by atomic mass is 32.1. The van der Waals surface area contributed by atoms with Crippen LogP contribution in [0.25, 0.3) is 11.5 Å². The Bertz CT molecular complexity index is 804. The molecule has 3 heterocycles. The SMILES string of the molecule is COc1ccc(-c2nsc(Nc3cc(OC(C)C)ccn3)n2)nc1. The smallest absolute Gasteiger partial charge is 0.208 e. The van der Waals surface area contributed by atoms with E-state index < -0.39 is 0 Å². The molecule has 24 heavy (non-hydrogen) atoms. The standard InChI is InChI=1S/C16H17N5O2S/c1-10(2)23-11-6-7-17-14(8-11)19-16-20-15(21-24-16)13-5-4-12(22-3)9-18-13/h4-10H,1-3H3,(H,17,19,20,21). The van der Waals surface area contributed by atoms with Gasteiger partial charge in [0.25, 0.3) is 0 Å². The predicted molar refractivity (Wildman–Crippen MR) is 93.0 cm³/mol. The molecule has 3 rings (SSSR count). The third kappa shape index (κ3) is 3.96. The number of hydrogen-bond acceptors (Lipinski definition) is 8. The van der Waals surface area contributed by atoms with E-state index >= 15 is 0 Å². The summed E-state index contributed by atoms with van der Waals surface area (Å²) >= 11 is 1.24. The minimum atomic E-state index is 0.106. The van der Waals surface area contributed by atoms with Gasteiger partial charge in [-0.3, -0.25) is 0 Å². The van der Waals surface area contributed by atoms with Crippen molar-refractivity contribution in [3.8, 4) is 23.0 Å². The van der Waals surface area contributed by atoms with Crippen molar-refractivity contribution in [1.82, 2.24) is 19.3 Å². The summed E-state index contributed by atoms with van der Waals surface area (Å²) in [5, 5.41) is 3.77. The van der Waals surface area contributed by atoms with Crippen molar-refractivity contribution in [2.24, 2.45) is 0 Å². The first-order valence-corrected chi connectivity index (χ1v) is 8.15. The number of ether oxygens (including phenoxy) is 2. The fourth-order valence-corrected chi connectivity index (χ4v) is 2.53. The van der Waals surface area contributed by atoms with E-state index in [0.29, 0.717) is 28.2 Å². The molecule has 7 nitrogen and oxygen atoms in total. The van der Waals surface area contributed by atoms with E-state index in [0.717, 1.165) is 5.75 Å². The summed E-state index contributed by atoms with van der Waals surface area (Å²) in [4.78, 5) is 13.0. The van der Waals surface area contributed by atoms with Gasteiger partial charge in [0.1, 0.15) is 23.0 Å². The molecule has 0 aromatic carbocycles. The van der Waals surface area contributed by atoms with Crippen molar-refractivity contribution in [2.45, 2.75) is 20.0 Å². The van der Waals surface area contributed by atoms with Crippen LogP contribution in [0.5, 0.6) is 11.5 Å². The first-order valence-electron chi connectivity index (χ1n) is 7.38. The summed E-state index contributed by atoms with van der Waals surface area (Å²) in [6, 6.07) is 7.29. The second-order valence-electron chi connectivity index (χ2n) is 5.17. The molecule has 3 aromatic rings. The Kier molecular flexibility index (Phi) is 4.85. The number of nitrogens with one attached hydrogen (secondary N) is 1.